The van der Waals surface area contributed by atoms with Gasteiger partial charge in [-0.3, -0.25) is 4.79 Å². The first-order chi connectivity index (χ1) is 10.2. The van der Waals surface area contributed by atoms with Crippen molar-refractivity contribution in [2.75, 3.05) is 6.54 Å². The highest BCUT2D eigenvalue weighted by Gasteiger charge is 2.34. The predicted octanol–water partition coefficient (Wildman–Crippen LogP) is 0.956. The lowest BCUT2D eigenvalue weighted by Gasteiger charge is -2.21. The third-order valence-corrected chi connectivity index (χ3v) is 3.60. The molecule has 0 spiro atoms. The van der Waals surface area contributed by atoms with E-state index in [0.717, 1.165) is 12.1 Å². The first kappa shape index (κ1) is 13.3. The highest BCUT2D eigenvalue weighted by atomic mass is 16.4. The standard InChI is InChI=1S/C14H14N4O3/c19-13(17-8-1-2-12(17)14(20)21)10-3-5-11(6-4-10)18-9-7-15-16-18/h3-7,9,12H,1-2,8H2,(H,20,21). The lowest BCUT2D eigenvalue weighted by molar-refractivity contribution is -0.141. The Balaban J connectivity index is 1.80. The van der Waals surface area contributed by atoms with Gasteiger partial charge >= 0.3 is 5.97 Å². The zero-order valence-corrected chi connectivity index (χ0v) is 11.2. The molecule has 21 heavy (non-hydrogen) atoms. The van der Waals surface area contributed by atoms with E-state index in [2.05, 4.69) is 10.3 Å². The highest BCUT2D eigenvalue weighted by molar-refractivity contribution is 5.97. The fourth-order valence-corrected chi connectivity index (χ4v) is 2.54. The number of hydrogen-bond donors (Lipinski definition) is 1. The van der Waals surface area contributed by atoms with Gasteiger partial charge < -0.3 is 10.0 Å². The molecule has 1 aromatic heterocycles. The van der Waals surface area contributed by atoms with Gasteiger partial charge in [0.2, 0.25) is 0 Å². The third kappa shape index (κ3) is 2.49. The molecule has 108 valence electrons. The Morgan fingerprint density at radius 3 is 2.62 bits per heavy atom. The third-order valence-electron chi connectivity index (χ3n) is 3.60. The Morgan fingerprint density at radius 2 is 2.00 bits per heavy atom. The van der Waals surface area contributed by atoms with Crippen LogP contribution in [0.15, 0.2) is 36.7 Å². The van der Waals surface area contributed by atoms with Crippen molar-refractivity contribution < 1.29 is 14.7 Å². The van der Waals surface area contributed by atoms with Gasteiger partial charge in [0.05, 0.1) is 18.1 Å². The summed E-state index contributed by atoms with van der Waals surface area (Å²) in [5.41, 5.74) is 1.27. The van der Waals surface area contributed by atoms with Gasteiger partial charge in [-0.1, -0.05) is 5.21 Å². The Kier molecular flexibility index (Phi) is 3.39. The van der Waals surface area contributed by atoms with Crippen molar-refractivity contribution in [2.24, 2.45) is 0 Å². The summed E-state index contributed by atoms with van der Waals surface area (Å²) in [7, 11) is 0. The number of likely N-dealkylation sites (tertiary alicyclic amines) is 1. The summed E-state index contributed by atoms with van der Waals surface area (Å²) in [4.78, 5) is 25.0. The molecule has 1 aromatic carbocycles. The molecule has 2 aromatic rings. The van der Waals surface area contributed by atoms with E-state index in [1.807, 2.05) is 0 Å². The van der Waals surface area contributed by atoms with Crippen LogP contribution < -0.4 is 0 Å². The van der Waals surface area contributed by atoms with E-state index in [0.29, 0.717) is 18.5 Å². The van der Waals surface area contributed by atoms with Crippen molar-refractivity contribution in [1.82, 2.24) is 19.9 Å². The van der Waals surface area contributed by atoms with E-state index in [1.54, 1.807) is 41.3 Å². The molecule has 0 saturated carbocycles. The molecule has 1 N–H and O–H groups in total. The van der Waals surface area contributed by atoms with Crippen molar-refractivity contribution in [3.05, 3.63) is 42.2 Å². The summed E-state index contributed by atoms with van der Waals surface area (Å²) in [5.74, 6) is -1.19. The van der Waals surface area contributed by atoms with E-state index < -0.39 is 12.0 Å². The summed E-state index contributed by atoms with van der Waals surface area (Å²) in [6.07, 6.45) is 4.51. The second kappa shape index (κ2) is 5.35. The second-order valence-corrected chi connectivity index (χ2v) is 4.89. The molecule has 1 unspecified atom stereocenters. The number of carboxylic acid groups (broad SMARTS) is 1. The Bertz CT molecular complexity index is 651. The molecule has 0 aliphatic carbocycles. The maximum absolute atomic E-state index is 12.4. The summed E-state index contributed by atoms with van der Waals surface area (Å²) < 4.78 is 1.59. The average molecular weight is 286 g/mol. The summed E-state index contributed by atoms with van der Waals surface area (Å²) in [6.45, 7) is 0.487. The van der Waals surface area contributed by atoms with Crippen LogP contribution in [0.1, 0.15) is 23.2 Å². The second-order valence-electron chi connectivity index (χ2n) is 4.89. The van der Waals surface area contributed by atoms with E-state index in [9.17, 15) is 9.59 Å². The number of aromatic nitrogens is 3. The van der Waals surface area contributed by atoms with Gasteiger partial charge in [0.25, 0.3) is 5.91 Å². The summed E-state index contributed by atoms with van der Waals surface area (Å²) in [6, 6.07) is 6.15. The zero-order valence-electron chi connectivity index (χ0n) is 11.2. The molecule has 3 rings (SSSR count). The van der Waals surface area contributed by atoms with Crippen LogP contribution in [0, 0.1) is 0 Å². The maximum Gasteiger partial charge on any atom is 0.326 e. The molecular formula is C14H14N4O3. The van der Waals surface area contributed by atoms with Crippen LogP contribution in [0.25, 0.3) is 5.69 Å². The van der Waals surface area contributed by atoms with Crippen LogP contribution in [-0.2, 0) is 4.79 Å². The number of carboxylic acids is 1. The Labute approximate surface area is 120 Å². The van der Waals surface area contributed by atoms with E-state index in [1.165, 1.54) is 4.90 Å². The van der Waals surface area contributed by atoms with Gasteiger partial charge in [-0.05, 0) is 37.1 Å². The normalized spacial score (nSPS) is 17.9. The number of aliphatic carboxylic acids is 1. The van der Waals surface area contributed by atoms with Crippen LogP contribution in [0.3, 0.4) is 0 Å². The minimum atomic E-state index is -0.944. The highest BCUT2D eigenvalue weighted by Crippen LogP contribution is 2.20. The number of amides is 1. The molecule has 7 nitrogen and oxygen atoms in total. The molecule has 0 radical (unpaired) electrons. The maximum atomic E-state index is 12.4. The SMILES string of the molecule is O=C(O)C1CCCN1C(=O)c1ccc(-n2ccnn2)cc1. The molecule has 1 aliphatic rings. The lowest BCUT2D eigenvalue weighted by Crippen LogP contribution is -2.40. The van der Waals surface area contributed by atoms with Gasteiger partial charge in [0.15, 0.2) is 0 Å². The molecule has 0 bridgehead atoms. The van der Waals surface area contributed by atoms with Crippen molar-refractivity contribution in [3.8, 4) is 5.69 Å². The molecule has 1 amide bonds. The predicted molar refractivity (Wildman–Crippen MR) is 73.1 cm³/mol. The molecular weight excluding hydrogens is 272 g/mol. The Morgan fingerprint density at radius 1 is 1.24 bits per heavy atom. The minimum absolute atomic E-state index is 0.245. The van der Waals surface area contributed by atoms with E-state index in [-0.39, 0.29) is 5.91 Å². The number of nitrogens with zero attached hydrogens (tertiary/aromatic N) is 4. The van der Waals surface area contributed by atoms with Crippen LogP contribution in [0.4, 0.5) is 0 Å². The lowest BCUT2D eigenvalue weighted by atomic mass is 10.1. The topological polar surface area (TPSA) is 88.3 Å². The molecule has 1 fully saturated rings. The summed E-state index contributed by atoms with van der Waals surface area (Å²) in [5, 5.41) is 16.7. The van der Waals surface area contributed by atoms with Crippen molar-refractivity contribution >= 4 is 11.9 Å². The number of carbonyl (C=O) groups excluding carboxylic acids is 1. The van der Waals surface area contributed by atoms with Gasteiger partial charge in [0, 0.05) is 12.1 Å². The largest absolute Gasteiger partial charge is 0.480 e. The molecule has 7 heteroatoms. The monoisotopic (exact) mass is 286 g/mol. The van der Waals surface area contributed by atoms with Crippen LogP contribution in [0.5, 0.6) is 0 Å². The fourth-order valence-electron chi connectivity index (χ4n) is 2.54. The van der Waals surface area contributed by atoms with Gasteiger partial charge in [0.1, 0.15) is 6.04 Å². The van der Waals surface area contributed by atoms with Crippen LogP contribution >= 0.6 is 0 Å². The van der Waals surface area contributed by atoms with Crippen molar-refractivity contribution in [1.29, 1.82) is 0 Å². The van der Waals surface area contributed by atoms with E-state index in [4.69, 9.17) is 5.11 Å². The zero-order chi connectivity index (χ0) is 14.8. The quantitative estimate of drug-likeness (QED) is 0.907. The molecule has 2 heterocycles. The first-order valence-corrected chi connectivity index (χ1v) is 6.67. The fraction of sp³-hybridized carbons (Fsp3) is 0.286. The number of hydrogen-bond acceptors (Lipinski definition) is 4. The first-order valence-electron chi connectivity index (χ1n) is 6.67. The summed E-state index contributed by atoms with van der Waals surface area (Å²) >= 11 is 0. The van der Waals surface area contributed by atoms with Gasteiger partial charge in [-0.15, -0.1) is 5.10 Å². The van der Waals surface area contributed by atoms with E-state index >= 15 is 0 Å². The van der Waals surface area contributed by atoms with Crippen LogP contribution in [0.2, 0.25) is 0 Å². The average Bonchev–Trinajstić information content (AvgIpc) is 3.18. The number of rotatable bonds is 3. The molecule has 1 saturated heterocycles. The van der Waals surface area contributed by atoms with Gasteiger partial charge in [-0.2, -0.15) is 0 Å². The molecule has 1 aliphatic heterocycles. The number of carbonyl (C=O) groups is 2. The van der Waals surface area contributed by atoms with Crippen LogP contribution in [-0.4, -0.2) is 49.5 Å². The van der Waals surface area contributed by atoms with Gasteiger partial charge in [-0.25, -0.2) is 9.48 Å². The number of benzene rings is 1. The minimum Gasteiger partial charge on any atom is -0.480 e. The smallest absolute Gasteiger partial charge is 0.326 e. The van der Waals surface area contributed by atoms with Crippen molar-refractivity contribution in [2.45, 2.75) is 18.9 Å². The Hall–Kier alpha value is -2.70. The molecule has 1 atom stereocenters. The van der Waals surface area contributed by atoms with Crippen molar-refractivity contribution in [3.63, 3.8) is 0 Å².